The fraction of sp³-hybridized carbons (Fsp3) is 0.212. The number of aromatic hydroxyl groups is 1. The maximum atomic E-state index is 14.4. The molecule has 40 heavy (non-hydrogen) atoms. The van der Waals surface area contributed by atoms with Gasteiger partial charge < -0.3 is 15.0 Å². The molecule has 1 aliphatic heterocycles. The van der Waals surface area contributed by atoms with Crippen molar-refractivity contribution in [3.05, 3.63) is 114 Å². The molecule has 2 N–H and O–H groups in total. The molecule has 1 fully saturated rings. The van der Waals surface area contributed by atoms with Crippen LogP contribution in [0.25, 0.3) is 33.1 Å². The normalized spacial score (nSPS) is 15.7. The van der Waals surface area contributed by atoms with Crippen molar-refractivity contribution < 1.29 is 9.50 Å². The molecule has 1 aliphatic rings. The number of phenols is 1. The maximum Gasteiger partial charge on any atom is 0.138 e. The van der Waals surface area contributed by atoms with E-state index in [-0.39, 0.29) is 5.75 Å². The number of aromatic nitrogens is 4. The van der Waals surface area contributed by atoms with Crippen LogP contribution >= 0.6 is 0 Å². The number of imidazole rings is 1. The van der Waals surface area contributed by atoms with Crippen LogP contribution in [0, 0.1) is 5.82 Å². The van der Waals surface area contributed by atoms with Gasteiger partial charge in [-0.3, -0.25) is 4.68 Å². The van der Waals surface area contributed by atoms with E-state index in [4.69, 9.17) is 10.1 Å². The van der Waals surface area contributed by atoms with Crippen molar-refractivity contribution in [1.29, 1.82) is 0 Å². The molecule has 0 amide bonds. The predicted molar refractivity (Wildman–Crippen MR) is 156 cm³/mol. The van der Waals surface area contributed by atoms with Crippen LogP contribution in [0.3, 0.4) is 0 Å². The van der Waals surface area contributed by atoms with E-state index in [2.05, 4.69) is 59.4 Å². The molecule has 7 rings (SSSR count). The Labute approximate surface area is 231 Å². The summed E-state index contributed by atoms with van der Waals surface area (Å²) in [4.78, 5) is 10.5. The summed E-state index contributed by atoms with van der Waals surface area (Å²) in [5, 5.41) is 16.6. The summed E-state index contributed by atoms with van der Waals surface area (Å²) in [7, 11) is 2.19. The fourth-order valence-corrected chi connectivity index (χ4v) is 5.90. The summed E-state index contributed by atoms with van der Waals surface area (Å²) in [6.45, 7) is 2.29. The van der Waals surface area contributed by atoms with Gasteiger partial charge in [-0.15, -0.1) is 0 Å². The number of benzene rings is 4. The lowest BCUT2D eigenvalue weighted by Crippen LogP contribution is -2.29. The Morgan fingerprint density at radius 2 is 1.68 bits per heavy atom. The van der Waals surface area contributed by atoms with E-state index >= 15 is 0 Å². The van der Waals surface area contributed by atoms with E-state index < -0.39 is 11.9 Å². The van der Waals surface area contributed by atoms with E-state index in [1.54, 1.807) is 4.68 Å². The number of hydrogen-bond acceptors (Lipinski definition) is 4. The molecular weight excluding hydrogens is 501 g/mol. The Kier molecular flexibility index (Phi) is 6.09. The average Bonchev–Trinajstić information content (AvgIpc) is 3.59. The van der Waals surface area contributed by atoms with Crippen LogP contribution < -0.4 is 0 Å². The molecule has 1 saturated heterocycles. The highest BCUT2D eigenvalue weighted by Gasteiger charge is 2.25. The second-order valence-electron chi connectivity index (χ2n) is 10.8. The molecule has 2 aromatic heterocycles. The standard InChI is InChI=1S/C33H30FN5O/c1-38-16-14-23(15-17-38)21-6-8-22(9-7-21)24-10-11-25-20-39(37-30(25)18-24)32(27-19-26(34)12-13-31(27)40)33-35-28-4-2-3-5-29(28)36-33/h2-13,18-20,23,32,40H,14-17H2,1H3,(H,35,36). The summed E-state index contributed by atoms with van der Waals surface area (Å²) in [5.74, 6) is 0.742. The second-order valence-corrected chi connectivity index (χ2v) is 10.8. The summed E-state index contributed by atoms with van der Waals surface area (Å²) in [5.41, 5.74) is 6.49. The van der Waals surface area contributed by atoms with Crippen LogP contribution in [0.4, 0.5) is 4.39 Å². The maximum absolute atomic E-state index is 14.4. The topological polar surface area (TPSA) is 70.0 Å². The summed E-state index contributed by atoms with van der Waals surface area (Å²) >= 11 is 0. The van der Waals surface area contributed by atoms with E-state index in [0.717, 1.165) is 46.2 Å². The fourth-order valence-electron chi connectivity index (χ4n) is 5.90. The van der Waals surface area contributed by atoms with Gasteiger partial charge in [0.2, 0.25) is 0 Å². The van der Waals surface area contributed by atoms with Gasteiger partial charge in [0, 0.05) is 17.1 Å². The second kappa shape index (κ2) is 9.92. The first-order chi connectivity index (χ1) is 19.5. The van der Waals surface area contributed by atoms with Crippen LogP contribution in [0.15, 0.2) is 91.1 Å². The number of nitrogens with zero attached hydrogens (tertiary/aromatic N) is 4. The lowest BCUT2D eigenvalue weighted by Gasteiger charge is -2.29. The van der Waals surface area contributed by atoms with Crippen LogP contribution in [0.2, 0.25) is 0 Å². The van der Waals surface area contributed by atoms with Gasteiger partial charge in [0.25, 0.3) is 0 Å². The zero-order chi connectivity index (χ0) is 27.2. The number of piperidine rings is 1. The smallest absolute Gasteiger partial charge is 0.138 e. The van der Waals surface area contributed by atoms with Crippen LogP contribution in [-0.4, -0.2) is 49.9 Å². The van der Waals surface area contributed by atoms with Crippen molar-refractivity contribution in [2.24, 2.45) is 0 Å². The molecule has 3 heterocycles. The van der Waals surface area contributed by atoms with E-state index in [1.165, 1.54) is 36.6 Å². The molecular formula is C33H30FN5O. The summed E-state index contributed by atoms with van der Waals surface area (Å²) < 4.78 is 16.1. The highest BCUT2D eigenvalue weighted by atomic mass is 19.1. The number of phenolic OH excluding ortho intramolecular Hbond substituents is 1. The van der Waals surface area contributed by atoms with Crippen molar-refractivity contribution in [3.8, 4) is 16.9 Å². The van der Waals surface area contributed by atoms with Gasteiger partial charge in [-0.2, -0.15) is 5.10 Å². The molecule has 6 aromatic rings. The van der Waals surface area contributed by atoms with E-state index in [9.17, 15) is 9.50 Å². The molecule has 4 aromatic carbocycles. The number of hydrogen-bond donors (Lipinski definition) is 2. The molecule has 7 heteroatoms. The van der Waals surface area contributed by atoms with Crippen LogP contribution in [0.1, 0.15) is 41.8 Å². The number of halogens is 1. The lowest BCUT2D eigenvalue weighted by molar-refractivity contribution is 0.255. The number of nitrogens with one attached hydrogen (secondary N) is 1. The largest absolute Gasteiger partial charge is 0.508 e. The number of likely N-dealkylation sites (tertiary alicyclic amines) is 1. The Morgan fingerprint density at radius 3 is 2.48 bits per heavy atom. The van der Waals surface area contributed by atoms with Crippen molar-refractivity contribution in [1.82, 2.24) is 24.6 Å². The Hall–Kier alpha value is -4.49. The monoisotopic (exact) mass is 531 g/mol. The predicted octanol–water partition coefficient (Wildman–Crippen LogP) is 6.87. The summed E-state index contributed by atoms with van der Waals surface area (Å²) in [6, 6.07) is 26.2. The molecule has 1 unspecified atom stereocenters. The molecule has 200 valence electrons. The van der Waals surface area contributed by atoms with Crippen LogP contribution in [-0.2, 0) is 0 Å². The molecule has 0 radical (unpaired) electrons. The van der Waals surface area contributed by atoms with E-state index in [1.807, 2.05) is 30.5 Å². The third-order valence-corrected chi connectivity index (χ3v) is 8.17. The van der Waals surface area contributed by atoms with Crippen molar-refractivity contribution in [3.63, 3.8) is 0 Å². The number of fused-ring (bicyclic) bond motifs is 2. The SMILES string of the molecule is CN1CCC(c2ccc(-c3ccc4cn(C(c5nc6ccccc6[nH]5)c5cc(F)ccc5O)nc4c3)cc2)CC1. The third kappa shape index (κ3) is 4.52. The third-order valence-electron chi connectivity index (χ3n) is 8.17. The molecule has 6 nitrogen and oxygen atoms in total. The van der Waals surface area contributed by atoms with Gasteiger partial charge >= 0.3 is 0 Å². The molecule has 0 bridgehead atoms. The zero-order valence-corrected chi connectivity index (χ0v) is 22.3. The first kappa shape index (κ1) is 24.5. The number of rotatable bonds is 5. The van der Waals surface area contributed by atoms with E-state index in [0.29, 0.717) is 17.3 Å². The molecule has 1 atom stereocenters. The quantitative estimate of drug-likeness (QED) is 0.255. The van der Waals surface area contributed by atoms with Gasteiger partial charge in [-0.1, -0.05) is 48.5 Å². The van der Waals surface area contributed by atoms with Crippen molar-refractivity contribution in [2.45, 2.75) is 24.8 Å². The highest BCUT2D eigenvalue weighted by molar-refractivity contribution is 5.84. The molecule has 0 aliphatic carbocycles. The zero-order valence-electron chi connectivity index (χ0n) is 22.3. The number of para-hydroxylation sites is 2. The van der Waals surface area contributed by atoms with Gasteiger partial charge in [0.15, 0.2) is 0 Å². The average molecular weight is 532 g/mol. The van der Waals surface area contributed by atoms with Crippen molar-refractivity contribution >= 4 is 21.9 Å². The minimum Gasteiger partial charge on any atom is -0.508 e. The van der Waals surface area contributed by atoms with Gasteiger partial charge in [0.1, 0.15) is 23.4 Å². The lowest BCUT2D eigenvalue weighted by atomic mass is 9.88. The molecule has 0 spiro atoms. The highest BCUT2D eigenvalue weighted by Crippen LogP contribution is 2.35. The minimum atomic E-state index is -0.646. The number of H-pyrrole nitrogens is 1. The van der Waals surface area contributed by atoms with Crippen molar-refractivity contribution in [2.75, 3.05) is 20.1 Å². The van der Waals surface area contributed by atoms with Gasteiger partial charge in [-0.05, 0) is 92.0 Å². The summed E-state index contributed by atoms with van der Waals surface area (Å²) in [6.07, 6.45) is 4.32. The first-order valence-corrected chi connectivity index (χ1v) is 13.7. The Balaban J connectivity index is 1.26. The van der Waals surface area contributed by atoms with Gasteiger partial charge in [0.05, 0.1) is 16.6 Å². The van der Waals surface area contributed by atoms with Crippen LogP contribution in [0.5, 0.6) is 5.75 Å². The Morgan fingerprint density at radius 1 is 0.900 bits per heavy atom. The minimum absolute atomic E-state index is 0.0169. The molecule has 0 saturated carbocycles. The Bertz CT molecular complexity index is 1780. The first-order valence-electron chi connectivity index (χ1n) is 13.7. The van der Waals surface area contributed by atoms with Gasteiger partial charge in [-0.25, -0.2) is 9.37 Å². The number of aromatic amines is 1.